The molecular formula is C23H20N4O5. The van der Waals surface area contributed by atoms with E-state index in [0.29, 0.717) is 34.1 Å². The maximum Gasteiger partial charge on any atom is 0.252 e. The molecule has 0 saturated heterocycles. The van der Waals surface area contributed by atoms with Gasteiger partial charge in [-0.25, -0.2) is 0 Å². The van der Waals surface area contributed by atoms with Gasteiger partial charge in [0.25, 0.3) is 17.7 Å². The third-order valence-corrected chi connectivity index (χ3v) is 5.29. The Morgan fingerprint density at radius 1 is 1.09 bits per heavy atom. The number of carbonyl (C=O) groups excluding carboxylic acids is 4. The van der Waals surface area contributed by atoms with E-state index in [-0.39, 0.29) is 13.1 Å². The molecule has 162 valence electrons. The van der Waals surface area contributed by atoms with Gasteiger partial charge in [-0.1, -0.05) is 30.3 Å². The van der Waals surface area contributed by atoms with Crippen LogP contribution < -0.4 is 15.1 Å². The van der Waals surface area contributed by atoms with Crippen molar-refractivity contribution in [1.29, 1.82) is 0 Å². The monoisotopic (exact) mass is 432 g/mol. The molecule has 0 saturated carbocycles. The normalized spacial score (nSPS) is 15.8. The van der Waals surface area contributed by atoms with Crippen LogP contribution in [0.3, 0.4) is 0 Å². The lowest BCUT2D eigenvalue weighted by atomic mass is 10.1. The number of para-hydroxylation sites is 3. The van der Waals surface area contributed by atoms with Gasteiger partial charge in [0.1, 0.15) is 18.9 Å². The van der Waals surface area contributed by atoms with Crippen molar-refractivity contribution in [2.75, 3.05) is 29.5 Å². The molecule has 1 aliphatic rings. The molecule has 1 atom stereocenters. The van der Waals surface area contributed by atoms with E-state index >= 15 is 0 Å². The van der Waals surface area contributed by atoms with Gasteiger partial charge in [0.05, 0.1) is 35.5 Å². The zero-order chi connectivity index (χ0) is 22.7. The minimum absolute atomic E-state index is 0.195. The number of pyridine rings is 1. The maximum absolute atomic E-state index is 13.3. The van der Waals surface area contributed by atoms with Gasteiger partial charge in [0.15, 0.2) is 0 Å². The van der Waals surface area contributed by atoms with Crippen molar-refractivity contribution in [3.63, 3.8) is 0 Å². The first-order valence-electron chi connectivity index (χ1n) is 9.95. The van der Waals surface area contributed by atoms with Gasteiger partial charge >= 0.3 is 0 Å². The third-order valence-electron chi connectivity index (χ3n) is 5.29. The Morgan fingerprint density at radius 2 is 1.81 bits per heavy atom. The fourth-order valence-corrected chi connectivity index (χ4v) is 3.81. The second-order valence-electron chi connectivity index (χ2n) is 7.17. The quantitative estimate of drug-likeness (QED) is 0.578. The Hall–Kier alpha value is -4.11. The molecule has 0 spiro atoms. The van der Waals surface area contributed by atoms with Crippen molar-refractivity contribution in [2.24, 2.45) is 0 Å². The lowest BCUT2D eigenvalue weighted by Gasteiger charge is -2.24. The number of nitrogens with one attached hydrogen (secondary N) is 1. The highest BCUT2D eigenvalue weighted by atomic mass is 16.3. The number of fused-ring (bicyclic) bond motifs is 2. The summed E-state index contributed by atoms with van der Waals surface area (Å²) < 4.78 is 0. The fourth-order valence-electron chi connectivity index (χ4n) is 3.81. The molecular weight excluding hydrogens is 412 g/mol. The second-order valence-corrected chi connectivity index (χ2v) is 7.17. The van der Waals surface area contributed by atoms with Crippen LogP contribution in [0, 0.1) is 0 Å². The second kappa shape index (κ2) is 8.94. The van der Waals surface area contributed by atoms with Crippen LogP contribution in [-0.2, 0) is 14.4 Å². The van der Waals surface area contributed by atoms with Gasteiger partial charge in [0.2, 0.25) is 0 Å². The number of anilines is 2. The molecule has 2 heterocycles. The molecule has 2 N–H and O–H groups in total. The van der Waals surface area contributed by atoms with Crippen LogP contribution in [0.2, 0.25) is 0 Å². The highest BCUT2D eigenvalue weighted by Crippen LogP contribution is 2.32. The minimum atomic E-state index is -1.14. The maximum atomic E-state index is 13.3. The van der Waals surface area contributed by atoms with Crippen LogP contribution >= 0.6 is 0 Å². The first-order chi connectivity index (χ1) is 15.5. The Bertz CT molecular complexity index is 1210. The van der Waals surface area contributed by atoms with E-state index in [1.165, 1.54) is 16.0 Å². The van der Waals surface area contributed by atoms with Crippen LogP contribution in [0.5, 0.6) is 0 Å². The number of aldehydes is 1. The number of hydrogen-bond donors (Lipinski definition) is 2. The van der Waals surface area contributed by atoms with E-state index < -0.39 is 30.4 Å². The average Bonchev–Trinajstić information content (AvgIpc) is 2.94. The molecule has 0 fully saturated rings. The van der Waals surface area contributed by atoms with Gasteiger partial charge in [-0.15, -0.1) is 0 Å². The Labute approximate surface area is 183 Å². The van der Waals surface area contributed by atoms with Crippen molar-refractivity contribution in [2.45, 2.75) is 6.04 Å². The van der Waals surface area contributed by atoms with Crippen LogP contribution in [0.25, 0.3) is 10.9 Å². The Morgan fingerprint density at radius 3 is 2.56 bits per heavy atom. The van der Waals surface area contributed by atoms with Gasteiger partial charge in [-0.05, 0) is 24.3 Å². The van der Waals surface area contributed by atoms with Crippen molar-refractivity contribution in [3.8, 4) is 0 Å². The van der Waals surface area contributed by atoms with Gasteiger partial charge in [-0.3, -0.25) is 19.4 Å². The lowest BCUT2D eigenvalue weighted by Crippen LogP contribution is -2.53. The SMILES string of the molecule is O=CCN1C(=O)[C@@H](NC(=O)c2ccnc3ccccc23)CN(C(=O)CO)c2ccccc21. The third kappa shape index (κ3) is 3.81. The van der Waals surface area contributed by atoms with Gasteiger partial charge < -0.3 is 25.0 Å². The molecule has 2 aromatic carbocycles. The number of amides is 3. The van der Waals surface area contributed by atoms with E-state index in [1.54, 1.807) is 54.6 Å². The molecule has 9 nitrogen and oxygen atoms in total. The average molecular weight is 432 g/mol. The Kier molecular flexibility index (Phi) is 5.91. The number of rotatable bonds is 5. The molecule has 1 aromatic heterocycles. The predicted octanol–water partition coefficient (Wildman–Crippen LogP) is 0.904. The number of carbonyl (C=O) groups is 4. The predicted molar refractivity (Wildman–Crippen MR) is 117 cm³/mol. The van der Waals surface area contributed by atoms with Crippen molar-refractivity contribution in [3.05, 3.63) is 66.4 Å². The molecule has 3 amide bonds. The molecule has 0 bridgehead atoms. The molecule has 4 rings (SSSR count). The van der Waals surface area contributed by atoms with Crippen LogP contribution in [0.1, 0.15) is 10.4 Å². The first kappa shape index (κ1) is 21.1. The topological polar surface area (TPSA) is 120 Å². The van der Waals surface area contributed by atoms with Crippen LogP contribution in [0.4, 0.5) is 11.4 Å². The fraction of sp³-hybridized carbons (Fsp3) is 0.174. The number of benzene rings is 2. The largest absolute Gasteiger partial charge is 0.387 e. The zero-order valence-corrected chi connectivity index (χ0v) is 17.0. The summed E-state index contributed by atoms with van der Waals surface area (Å²) in [5, 5.41) is 12.8. The first-order valence-corrected chi connectivity index (χ1v) is 9.95. The minimum Gasteiger partial charge on any atom is -0.387 e. The smallest absolute Gasteiger partial charge is 0.252 e. The molecule has 0 unspecified atom stereocenters. The summed E-state index contributed by atoms with van der Waals surface area (Å²) in [4.78, 5) is 57.0. The molecule has 32 heavy (non-hydrogen) atoms. The number of aliphatic hydroxyl groups excluding tert-OH is 1. The van der Waals surface area contributed by atoms with Gasteiger partial charge in [0, 0.05) is 11.6 Å². The summed E-state index contributed by atoms with van der Waals surface area (Å²) in [6, 6.07) is 14.1. The number of aromatic nitrogens is 1. The highest BCUT2D eigenvalue weighted by Gasteiger charge is 2.36. The Balaban J connectivity index is 1.73. The summed E-state index contributed by atoms with van der Waals surface area (Å²) >= 11 is 0. The highest BCUT2D eigenvalue weighted by molar-refractivity contribution is 6.12. The van der Waals surface area contributed by atoms with Crippen molar-refractivity contribution in [1.82, 2.24) is 10.3 Å². The summed E-state index contributed by atoms with van der Waals surface area (Å²) in [5.41, 5.74) is 1.66. The zero-order valence-electron chi connectivity index (χ0n) is 17.0. The summed E-state index contributed by atoms with van der Waals surface area (Å²) in [6.07, 6.45) is 2.08. The molecule has 9 heteroatoms. The number of nitrogens with zero attached hydrogens (tertiary/aromatic N) is 3. The van der Waals surface area contributed by atoms with E-state index in [4.69, 9.17) is 0 Å². The van der Waals surface area contributed by atoms with E-state index in [9.17, 15) is 24.3 Å². The van der Waals surface area contributed by atoms with Crippen molar-refractivity contribution < 1.29 is 24.3 Å². The summed E-state index contributed by atoms with van der Waals surface area (Å²) in [6.45, 7) is -1.22. The van der Waals surface area contributed by atoms with E-state index in [2.05, 4.69) is 10.3 Å². The van der Waals surface area contributed by atoms with Crippen molar-refractivity contribution >= 4 is 46.3 Å². The molecule has 3 aromatic rings. The molecule has 0 aliphatic carbocycles. The van der Waals surface area contributed by atoms with E-state index in [1.807, 2.05) is 0 Å². The van der Waals surface area contributed by atoms with E-state index in [0.717, 1.165) is 0 Å². The number of hydrogen-bond acceptors (Lipinski definition) is 6. The summed E-state index contributed by atoms with van der Waals surface area (Å²) in [7, 11) is 0. The molecule has 1 aliphatic heterocycles. The molecule has 0 radical (unpaired) electrons. The van der Waals surface area contributed by atoms with Crippen LogP contribution in [0.15, 0.2) is 60.8 Å². The van der Waals surface area contributed by atoms with Gasteiger partial charge in [-0.2, -0.15) is 0 Å². The van der Waals surface area contributed by atoms with Crippen LogP contribution in [-0.4, -0.2) is 59.8 Å². The lowest BCUT2D eigenvalue weighted by molar-refractivity contribution is -0.122. The standard InChI is InChI=1S/C23H20N4O5/c28-12-11-26-19-7-3-4-8-20(19)27(21(30)14-29)13-18(23(26)32)25-22(31)16-9-10-24-17-6-2-1-5-15(16)17/h1-10,12,18,29H,11,13-14H2,(H,25,31)/t18-/m0/s1. The number of aliphatic hydroxyl groups is 1. The summed E-state index contributed by atoms with van der Waals surface area (Å²) in [5.74, 6) is -1.69.